The number of aromatic amines is 1. The largest absolute Gasteiger partial charge is 0.345 e. The molecule has 0 spiro atoms. The first-order chi connectivity index (χ1) is 18.8. The fourth-order valence-corrected chi connectivity index (χ4v) is 4.34. The van der Waals surface area contributed by atoms with E-state index in [2.05, 4.69) is 20.3 Å². The summed E-state index contributed by atoms with van der Waals surface area (Å²) in [4.78, 5) is 49.0. The van der Waals surface area contributed by atoms with Crippen LogP contribution in [0.5, 0.6) is 0 Å². The van der Waals surface area contributed by atoms with Crippen molar-refractivity contribution >= 4 is 35.1 Å². The van der Waals surface area contributed by atoms with Gasteiger partial charge in [0.25, 0.3) is 11.5 Å². The summed E-state index contributed by atoms with van der Waals surface area (Å²) < 4.78 is 27.9. The number of carbonyl (C=O) groups is 2. The lowest BCUT2D eigenvalue weighted by Crippen LogP contribution is -2.27. The molecule has 10 heteroatoms. The van der Waals surface area contributed by atoms with Crippen molar-refractivity contribution in [2.45, 2.75) is 26.3 Å². The average molecular weight is 528 g/mol. The molecular weight excluding hydrogens is 504 g/mol. The lowest BCUT2D eigenvalue weighted by atomic mass is 10.0. The highest BCUT2D eigenvalue weighted by Gasteiger charge is 2.24. The number of rotatable bonds is 8. The van der Waals surface area contributed by atoms with Gasteiger partial charge < -0.3 is 10.3 Å². The molecule has 4 aromatic rings. The third-order valence-electron chi connectivity index (χ3n) is 6.34. The predicted molar refractivity (Wildman–Crippen MR) is 143 cm³/mol. The highest BCUT2D eigenvalue weighted by atomic mass is 19.2. The molecule has 0 saturated heterocycles. The third kappa shape index (κ3) is 5.64. The van der Waals surface area contributed by atoms with Gasteiger partial charge in [-0.05, 0) is 48.7 Å². The average Bonchev–Trinajstić information content (AvgIpc) is 3.53. The molecule has 1 aliphatic heterocycles. The zero-order valence-corrected chi connectivity index (χ0v) is 20.9. The van der Waals surface area contributed by atoms with Crippen LogP contribution >= 0.6 is 0 Å². The van der Waals surface area contributed by atoms with Crippen LogP contribution in [-0.2, 0) is 11.3 Å². The number of imidazole rings is 1. The standard InChI is InChI=1S/C29H23F2N5O3/c1-17(8-18-3-5-21-22(11-20-12-32-15-34-20)28(38)35-26(21)10-18)2-7-27(37)23-13-33-16-36(29(23)39)14-19-4-6-24(30)25(31)9-19/h3-6,8-13,15-16H,2,7,14H2,1H3,(H,32,34)(H,35,38)/b17-8+,22-11-. The quantitative estimate of drug-likeness (QED) is 0.251. The van der Waals surface area contributed by atoms with E-state index in [-0.39, 0.29) is 30.2 Å². The second kappa shape index (κ2) is 10.8. The van der Waals surface area contributed by atoms with Crippen LogP contribution in [0.25, 0.3) is 17.7 Å². The molecule has 0 bridgehead atoms. The first-order valence-electron chi connectivity index (χ1n) is 12.1. The molecule has 2 aromatic carbocycles. The minimum absolute atomic E-state index is 0.0449. The molecule has 0 aliphatic carbocycles. The number of aromatic nitrogens is 4. The van der Waals surface area contributed by atoms with Gasteiger partial charge in [0.1, 0.15) is 5.56 Å². The summed E-state index contributed by atoms with van der Waals surface area (Å²) in [5, 5.41) is 2.87. The van der Waals surface area contributed by atoms with Gasteiger partial charge in [0.05, 0.1) is 36.7 Å². The number of ketones is 1. The number of fused-ring (bicyclic) bond motifs is 1. The summed E-state index contributed by atoms with van der Waals surface area (Å²) in [5.74, 6) is -2.56. The normalized spacial score (nSPS) is 14.0. The van der Waals surface area contributed by atoms with Crippen LogP contribution in [-0.4, -0.2) is 31.2 Å². The predicted octanol–water partition coefficient (Wildman–Crippen LogP) is 4.85. The highest BCUT2D eigenvalue weighted by molar-refractivity contribution is 6.34. The minimum Gasteiger partial charge on any atom is -0.345 e. The van der Waals surface area contributed by atoms with E-state index in [9.17, 15) is 23.2 Å². The summed E-state index contributed by atoms with van der Waals surface area (Å²) in [6, 6.07) is 8.98. The number of hydrogen-bond acceptors (Lipinski definition) is 5. The van der Waals surface area contributed by atoms with Gasteiger partial charge in [0, 0.05) is 23.9 Å². The molecule has 5 rings (SSSR count). The molecule has 0 atom stereocenters. The number of nitrogens with one attached hydrogen (secondary N) is 2. The third-order valence-corrected chi connectivity index (χ3v) is 6.34. The van der Waals surface area contributed by atoms with Gasteiger partial charge in [-0.1, -0.05) is 29.8 Å². The van der Waals surface area contributed by atoms with Crippen molar-refractivity contribution < 1.29 is 18.4 Å². The van der Waals surface area contributed by atoms with Crippen LogP contribution in [0, 0.1) is 11.6 Å². The van der Waals surface area contributed by atoms with Crippen LogP contribution < -0.4 is 10.9 Å². The highest BCUT2D eigenvalue weighted by Crippen LogP contribution is 2.34. The zero-order chi connectivity index (χ0) is 27.5. The smallest absolute Gasteiger partial charge is 0.264 e. The topological polar surface area (TPSA) is 110 Å². The van der Waals surface area contributed by atoms with Crippen LogP contribution in [0.3, 0.4) is 0 Å². The lowest BCUT2D eigenvalue weighted by molar-refractivity contribution is -0.110. The Balaban J connectivity index is 1.26. The molecule has 1 amide bonds. The van der Waals surface area contributed by atoms with Crippen molar-refractivity contribution in [3.63, 3.8) is 0 Å². The van der Waals surface area contributed by atoms with Gasteiger partial charge in [0.2, 0.25) is 0 Å². The Kier molecular flexibility index (Phi) is 7.09. The van der Waals surface area contributed by atoms with Gasteiger partial charge >= 0.3 is 0 Å². The second-order valence-corrected chi connectivity index (χ2v) is 9.23. The number of anilines is 1. The van der Waals surface area contributed by atoms with Crippen LogP contribution in [0.15, 0.2) is 71.8 Å². The maximum absolute atomic E-state index is 13.5. The van der Waals surface area contributed by atoms with E-state index in [0.29, 0.717) is 23.2 Å². The van der Waals surface area contributed by atoms with E-state index in [4.69, 9.17) is 0 Å². The SMILES string of the molecule is C/C(=C\c1ccc2c(c1)NC(=O)/C2=C\c1cnc[nH]1)CCC(=O)c1cncn(Cc2ccc(F)c(F)c2)c1=O. The first kappa shape index (κ1) is 25.7. The molecule has 2 N–H and O–H groups in total. The minimum atomic E-state index is -1.01. The van der Waals surface area contributed by atoms with Gasteiger partial charge in [-0.25, -0.2) is 18.7 Å². The van der Waals surface area contributed by atoms with E-state index < -0.39 is 17.2 Å². The van der Waals surface area contributed by atoms with Crippen molar-refractivity contribution in [1.82, 2.24) is 19.5 Å². The van der Waals surface area contributed by atoms with Gasteiger partial charge in [-0.2, -0.15) is 0 Å². The van der Waals surface area contributed by atoms with E-state index >= 15 is 0 Å². The molecule has 0 unspecified atom stereocenters. The molecule has 2 aromatic heterocycles. The van der Waals surface area contributed by atoms with Gasteiger partial charge in [-0.3, -0.25) is 19.0 Å². The number of allylic oxidation sites excluding steroid dienone is 1. The molecule has 196 valence electrons. The maximum Gasteiger partial charge on any atom is 0.264 e. The molecule has 3 heterocycles. The summed E-state index contributed by atoms with van der Waals surface area (Å²) in [6.45, 7) is 1.84. The Bertz CT molecular complexity index is 1700. The summed E-state index contributed by atoms with van der Waals surface area (Å²) in [6.07, 6.45) is 9.82. The van der Waals surface area contributed by atoms with Gasteiger partial charge in [0.15, 0.2) is 17.4 Å². The molecule has 0 fully saturated rings. The fraction of sp³-hybridized carbons (Fsp3) is 0.138. The number of H-pyrrole nitrogens is 1. The Hall–Kier alpha value is -4.99. The van der Waals surface area contributed by atoms with E-state index in [0.717, 1.165) is 34.5 Å². The number of amides is 1. The van der Waals surface area contributed by atoms with Crippen LogP contribution in [0.1, 0.15) is 52.5 Å². The van der Waals surface area contributed by atoms with Crippen molar-refractivity contribution in [2.24, 2.45) is 0 Å². The number of hydrogen-bond donors (Lipinski definition) is 2. The Labute approximate surface area is 221 Å². The second-order valence-electron chi connectivity index (χ2n) is 9.23. The fourth-order valence-electron chi connectivity index (χ4n) is 4.34. The van der Waals surface area contributed by atoms with Crippen molar-refractivity contribution in [3.05, 3.63) is 117 Å². The zero-order valence-electron chi connectivity index (χ0n) is 20.9. The molecule has 8 nitrogen and oxygen atoms in total. The summed E-state index contributed by atoms with van der Waals surface area (Å²) in [5.41, 5.74) is 4.27. The lowest BCUT2D eigenvalue weighted by Gasteiger charge is -2.08. The monoisotopic (exact) mass is 527 g/mol. The van der Waals surface area contributed by atoms with Crippen LogP contribution in [0.2, 0.25) is 0 Å². The summed E-state index contributed by atoms with van der Waals surface area (Å²) >= 11 is 0. The maximum atomic E-state index is 13.5. The Morgan fingerprint density at radius 3 is 2.64 bits per heavy atom. The Morgan fingerprint density at radius 1 is 1.03 bits per heavy atom. The summed E-state index contributed by atoms with van der Waals surface area (Å²) in [7, 11) is 0. The van der Waals surface area contributed by atoms with E-state index in [1.54, 1.807) is 18.6 Å². The van der Waals surface area contributed by atoms with E-state index in [1.165, 1.54) is 23.2 Å². The molecule has 0 saturated carbocycles. The Morgan fingerprint density at radius 2 is 1.87 bits per heavy atom. The number of nitrogens with zero attached hydrogens (tertiary/aromatic N) is 3. The molecule has 1 aliphatic rings. The molecular formula is C29H23F2N5O3. The number of carbonyl (C=O) groups excluding carboxylic acids is 2. The van der Waals surface area contributed by atoms with Crippen molar-refractivity contribution in [2.75, 3.05) is 5.32 Å². The number of Topliss-reactive ketones (excluding diaryl/α,β-unsaturated/α-hetero) is 1. The van der Waals surface area contributed by atoms with Crippen LogP contribution in [0.4, 0.5) is 14.5 Å². The number of halogens is 2. The first-order valence-corrected chi connectivity index (χ1v) is 12.1. The van der Waals surface area contributed by atoms with Crippen molar-refractivity contribution in [1.29, 1.82) is 0 Å². The van der Waals surface area contributed by atoms with Gasteiger partial charge in [-0.15, -0.1) is 0 Å². The molecule has 0 radical (unpaired) electrons. The van der Waals surface area contributed by atoms with Crippen molar-refractivity contribution in [3.8, 4) is 0 Å². The number of benzene rings is 2. The van der Waals surface area contributed by atoms with E-state index in [1.807, 2.05) is 31.2 Å². The molecule has 39 heavy (non-hydrogen) atoms.